The molecule has 11 heteroatoms. The molecule has 5 rings (SSSR count). The summed E-state index contributed by atoms with van der Waals surface area (Å²) in [6.07, 6.45) is 5.60. The van der Waals surface area contributed by atoms with E-state index in [1.54, 1.807) is 6.33 Å². The zero-order valence-corrected chi connectivity index (χ0v) is 19.0. The number of methoxy groups -OCH3 is 1. The van der Waals surface area contributed by atoms with Gasteiger partial charge < -0.3 is 19.5 Å². The number of hydrogen-bond donors (Lipinski definition) is 2. The minimum Gasteiger partial charge on any atom is -0.466 e. The molecule has 1 aliphatic carbocycles. The maximum Gasteiger partial charge on any atom is 0.329 e. The molecule has 4 heterocycles. The molecule has 32 heavy (non-hydrogen) atoms. The lowest BCUT2D eigenvalue weighted by Crippen LogP contribution is -2.36. The lowest BCUT2D eigenvalue weighted by atomic mass is 10.0. The van der Waals surface area contributed by atoms with Crippen molar-refractivity contribution in [2.24, 2.45) is 11.8 Å². The van der Waals surface area contributed by atoms with Crippen molar-refractivity contribution >= 4 is 39.5 Å². The molecule has 1 aliphatic heterocycles. The average Bonchev–Trinajstić information content (AvgIpc) is 3.56. The molecule has 0 bridgehead atoms. The van der Waals surface area contributed by atoms with Crippen molar-refractivity contribution in [3.05, 3.63) is 18.6 Å². The minimum absolute atomic E-state index is 0. The third-order valence-electron chi connectivity index (χ3n) is 6.03. The Balaban J connectivity index is 0.00000188. The van der Waals surface area contributed by atoms with Gasteiger partial charge in [0.15, 0.2) is 0 Å². The predicted octanol–water partition coefficient (Wildman–Crippen LogP) is 4.60. The van der Waals surface area contributed by atoms with Gasteiger partial charge in [-0.25, -0.2) is 14.8 Å². The molecule has 2 fully saturated rings. The quantitative estimate of drug-likeness (QED) is 0.578. The Bertz CT molecular complexity index is 1040. The number of ether oxygens (including phenoxy) is 1. The Morgan fingerprint density at radius 1 is 1.31 bits per heavy atom. The number of fused-ring (bicyclic) bond motifs is 2. The van der Waals surface area contributed by atoms with Crippen LogP contribution < -0.4 is 15.0 Å². The molecule has 10 nitrogen and oxygen atoms in total. The van der Waals surface area contributed by atoms with E-state index < -0.39 is 0 Å². The van der Waals surface area contributed by atoms with Gasteiger partial charge in [0.25, 0.3) is 0 Å². The Labute approximate surface area is 197 Å². The highest BCUT2D eigenvalue weighted by molar-refractivity contribution is 7.10. The summed E-state index contributed by atoms with van der Waals surface area (Å²) in [4.78, 5) is 32.8. The van der Waals surface area contributed by atoms with Gasteiger partial charge in [-0.15, -0.1) is 4.37 Å². The molecular weight excluding hydrogens is 428 g/mol. The average molecular weight is 467 g/mol. The van der Waals surface area contributed by atoms with Gasteiger partial charge in [0, 0.05) is 48.2 Å². The number of nitrogens with zero attached hydrogens (tertiary/aromatic N) is 6. The van der Waals surface area contributed by atoms with E-state index in [1.807, 2.05) is 31.0 Å². The molecule has 0 radical (unpaired) electrons. The van der Waals surface area contributed by atoms with E-state index in [0.29, 0.717) is 23.0 Å². The van der Waals surface area contributed by atoms with Gasteiger partial charge >= 0.3 is 12.0 Å². The van der Waals surface area contributed by atoms with Gasteiger partial charge in [-0.2, -0.15) is 4.98 Å². The number of carbonyl (C=O) groups excluding carboxylic acids is 1. The third-order valence-corrected chi connectivity index (χ3v) is 6.65. The van der Waals surface area contributed by atoms with Gasteiger partial charge in [0.2, 0.25) is 5.13 Å². The number of nitrogens with one attached hydrogen (secondary N) is 2. The molecule has 2 amide bonds. The fraction of sp³-hybridized carbons (Fsp3) is 0.571. The fourth-order valence-electron chi connectivity index (χ4n) is 4.58. The number of carbonyl (C=O) groups is 1. The summed E-state index contributed by atoms with van der Waals surface area (Å²) in [5.41, 5.74) is 0.858. The Morgan fingerprint density at radius 3 is 2.69 bits per heavy atom. The standard InChI is InChI=1S/C18H22N8O2S.C2H6.CH4.3H2/c1-25(15-13-3-4-19-14(13)20-9-21-15)12-5-10-7-26(8-11(10)6-12)18(27)23-17-22-16(28-2)24-29-17;1-2;;;;/h3-4,9-12H,5-8H2,1-2H3,(H,19,20,21)(H,22,23,24,27);1-2H3;1H4;3*1H. The van der Waals surface area contributed by atoms with Gasteiger partial charge in [0.1, 0.15) is 17.8 Å². The van der Waals surface area contributed by atoms with Gasteiger partial charge in [-0.1, -0.05) is 21.3 Å². The van der Waals surface area contributed by atoms with Crippen LogP contribution in [0.3, 0.4) is 0 Å². The number of H-pyrrole nitrogens is 1. The van der Waals surface area contributed by atoms with E-state index >= 15 is 0 Å². The van der Waals surface area contributed by atoms with Crippen molar-refractivity contribution in [3.8, 4) is 6.01 Å². The van der Waals surface area contributed by atoms with E-state index in [9.17, 15) is 4.79 Å². The van der Waals surface area contributed by atoms with Crippen LogP contribution in [-0.4, -0.2) is 68.5 Å². The molecule has 1 saturated carbocycles. The minimum atomic E-state index is -0.118. The molecule has 0 spiro atoms. The van der Waals surface area contributed by atoms with Crippen LogP contribution in [0.25, 0.3) is 11.0 Å². The first kappa shape index (κ1) is 23.7. The number of urea groups is 1. The summed E-state index contributed by atoms with van der Waals surface area (Å²) in [5.74, 6) is 1.96. The third kappa shape index (κ3) is 4.47. The van der Waals surface area contributed by atoms with Crippen molar-refractivity contribution in [3.63, 3.8) is 0 Å². The number of amides is 2. The monoisotopic (exact) mass is 466 g/mol. The molecule has 180 valence electrons. The maximum absolute atomic E-state index is 12.6. The second kappa shape index (κ2) is 10.1. The molecule has 2 aliphatic rings. The van der Waals surface area contributed by atoms with Crippen LogP contribution in [0.4, 0.5) is 15.7 Å². The Hall–Kier alpha value is -2.95. The highest BCUT2D eigenvalue weighted by Crippen LogP contribution is 2.41. The highest BCUT2D eigenvalue weighted by atomic mass is 32.1. The van der Waals surface area contributed by atoms with Crippen molar-refractivity contribution in [2.75, 3.05) is 37.5 Å². The van der Waals surface area contributed by atoms with E-state index in [-0.39, 0.29) is 23.7 Å². The number of likely N-dealkylation sites (tertiary alicyclic amines) is 1. The molecule has 2 N–H and O–H groups in total. The molecule has 2 atom stereocenters. The van der Waals surface area contributed by atoms with Crippen LogP contribution >= 0.6 is 11.5 Å². The van der Waals surface area contributed by atoms with Crippen LogP contribution in [0.15, 0.2) is 18.6 Å². The molecule has 2 unspecified atom stereocenters. The molecule has 3 aromatic rings. The lowest BCUT2D eigenvalue weighted by molar-refractivity contribution is 0.218. The van der Waals surface area contributed by atoms with Crippen LogP contribution in [-0.2, 0) is 0 Å². The van der Waals surface area contributed by atoms with E-state index in [4.69, 9.17) is 4.74 Å². The van der Waals surface area contributed by atoms with Gasteiger partial charge in [-0.05, 0) is 30.7 Å². The van der Waals surface area contributed by atoms with Crippen molar-refractivity contribution in [2.45, 2.75) is 40.2 Å². The maximum atomic E-state index is 12.6. The zero-order chi connectivity index (χ0) is 22.0. The highest BCUT2D eigenvalue weighted by Gasteiger charge is 2.44. The number of hydrogen-bond acceptors (Lipinski definition) is 8. The van der Waals surface area contributed by atoms with Crippen LogP contribution in [0.2, 0.25) is 0 Å². The largest absolute Gasteiger partial charge is 0.466 e. The number of aromatic nitrogens is 5. The molecule has 3 aromatic heterocycles. The first-order chi connectivity index (χ1) is 15.1. The summed E-state index contributed by atoms with van der Waals surface area (Å²) in [7, 11) is 3.61. The molecular formula is C21H38N8O2S. The van der Waals surface area contributed by atoms with Crippen LogP contribution in [0, 0.1) is 11.8 Å². The summed E-state index contributed by atoms with van der Waals surface area (Å²) < 4.78 is 8.97. The Morgan fingerprint density at radius 2 is 2.03 bits per heavy atom. The number of anilines is 2. The zero-order valence-electron chi connectivity index (χ0n) is 18.2. The second-order valence-corrected chi connectivity index (χ2v) is 8.37. The summed E-state index contributed by atoms with van der Waals surface area (Å²) >= 11 is 1.12. The summed E-state index contributed by atoms with van der Waals surface area (Å²) in [6, 6.07) is 2.59. The first-order valence-electron chi connectivity index (χ1n) is 10.6. The normalized spacial score (nSPS) is 21.4. The van der Waals surface area contributed by atoms with E-state index in [1.165, 1.54) is 7.11 Å². The SMILES string of the molecule is C.CC.COc1nsc(NC(=O)N2CC3CC(N(C)c4ncnc5[nH]ccc45)CC3C2)n1.[HH].[HH].[HH]. The predicted molar refractivity (Wildman–Crippen MR) is 134 cm³/mol. The summed E-state index contributed by atoms with van der Waals surface area (Å²) in [6.45, 7) is 5.53. The smallest absolute Gasteiger partial charge is 0.329 e. The number of aromatic amines is 1. The van der Waals surface area contributed by atoms with Crippen molar-refractivity contribution in [1.29, 1.82) is 0 Å². The fourth-order valence-corrected chi connectivity index (χ4v) is 5.11. The van der Waals surface area contributed by atoms with Gasteiger partial charge in [0.05, 0.1) is 12.5 Å². The Kier molecular flexibility index (Phi) is 7.49. The lowest BCUT2D eigenvalue weighted by Gasteiger charge is -2.27. The van der Waals surface area contributed by atoms with E-state index in [2.05, 4.69) is 41.6 Å². The van der Waals surface area contributed by atoms with E-state index in [0.717, 1.165) is 54.3 Å². The molecule has 0 aromatic carbocycles. The number of rotatable bonds is 4. The second-order valence-electron chi connectivity index (χ2n) is 7.61. The van der Waals surface area contributed by atoms with Crippen LogP contribution in [0.5, 0.6) is 6.01 Å². The molecule has 1 saturated heterocycles. The topological polar surface area (TPSA) is 112 Å². The first-order valence-corrected chi connectivity index (χ1v) is 11.3. The van der Waals surface area contributed by atoms with Crippen molar-refractivity contribution in [1.82, 2.24) is 29.2 Å². The van der Waals surface area contributed by atoms with Crippen molar-refractivity contribution < 1.29 is 13.8 Å². The van der Waals surface area contributed by atoms with Gasteiger partial charge in [-0.3, -0.25) is 5.32 Å². The summed E-state index contributed by atoms with van der Waals surface area (Å²) in [5, 5.41) is 4.33. The van der Waals surface area contributed by atoms with Crippen LogP contribution in [0.1, 0.15) is 38.4 Å².